The van der Waals surface area contributed by atoms with Gasteiger partial charge in [0.25, 0.3) is 0 Å². The van der Waals surface area contributed by atoms with E-state index in [1.165, 1.54) is 28.2 Å². The van der Waals surface area contributed by atoms with E-state index in [1.54, 1.807) is 0 Å². The van der Waals surface area contributed by atoms with Gasteiger partial charge in [-0.1, -0.05) is 23.7 Å². The van der Waals surface area contributed by atoms with Crippen LogP contribution in [0.15, 0.2) is 36.4 Å². The molecule has 1 saturated carbocycles. The van der Waals surface area contributed by atoms with E-state index in [0.29, 0.717) is 12.1 Å². The summed E-state index contributed by atoms with van der Waals surface area (Å²) in [6.45, 7) is 4.47. The fourth-order valence-electron chi connectivity index (χ4n) is 2.87. The highest BCUT2D eigenvalue weighted by molar-refractivity contribution is 7.11. The van der Waals surface area contributed by atoms with Crippen molar-refractivity contribution in [3.05, 3.63) is 56.7 Å². The predicted octanol–water partition coefficient (Wildman–Crippen LogP) is 5.38. The Morgan fingerprint density at radius 2 is 1.90 bits per heavy atom. The zero-order chi connectivity index (χ0) is 14.8. The van der Waals surface area contributed by atoms with Crippen molar-refractivity contribution in [1.82, 2.24) is 5.32 Å². The first-order valence-electron chi connectivity index (χ1n) is 7.68. The second-order valence-corrected chi connectivity index (χ2v) is 7.96. The number of benzene rings is 1. The van der Waals surface area contributed by atoms with Crippen molar-refractivity contribution in [1.29, 1.82) is 0 Å². The normalized spacial score (nSPS) is 17.7. The number of thiophene rings is 1. The Hall–Kier alpha value is -0.830. The highest BCUT2D eigenvalue weighted by Gasteiger charge is 2.32. The van der Waals surface area contributed by atoms with Gasteiger partial charge < -0.3 is 5.32 Å². The monoisotopic (exact) mass is 319 g/mol. The molecule has 112 valence electrons. The van der Waals surface area contributed by atoms with E-state index in [4.69, 9.17) is 11.6 Å². The Balaban J connectivity index is 1.66. The first-order valence-corrected chi connectivity index (χ1v) is 8.88. The van der Waals surface area contributed by atoms with Crippen molar-refractivity contribution in [2.75, 3.05) is 0 Å². The minimum absolute atomic E-state index is 0.471. The summed E-state index contributed by atoms with van der Waals surface area (Å²) in [6.07, 6.45) is 3.78. The van der Waals surface area contributed by atoms with E-state index >= 15 is 0 Å². The molecular formula is C18H22ClNS. The minimum atomic E-state index is 0.471. The Morgan fingerprint density at radius 3 is 2.48 bits per heavy atom. The van der Waals surface area contributed by atoms with Gasteiger partial charge in [0.2, 0.25) is 0 Å². The molecule has 0 bridgehead atoms. The molecule has 1 fully saturated rings. The second-order valence-electron chi connectivity index (χ2n) is 6.15. The molecule has 0 aliphatic heterocycles. The molecule has 2 atom stereocenters. The van der Waals surface area contributed by atoms with E-state index in [2.05, 4.69) is 43.4 Å². The summed E-state index contributed by atoms with van der Waals surface area (Å²) >= 11 is 7.92. The Kier molecular flexibility index (Phi) is 4.68. The average molecular weight is 320 g/mol. The molecule has 1 aliphatic carbocycles. The van der Waals surface area contributed by atoms with Crippen molar-refractivity contribution >= 4 is 22.9 Å². The van der Waals surface area contributed by atoms with Crippen molar-refractivity contribution in [3.8, 4) is 0 Å². The molecule has 1 aromatic carbocycles. The standard InChI is InChI=1S/C18H22ClNS/c1-12(11-17-10-3-13(2)21-17)20-18(14-4-5-14)15-6-8-16(19)9-7-15/h3,6-10,12,14,18,20H,4-5,11H2,1-2H3. The molecule has 2 aromatic rings. The summed E-state index contributed by atoms with van der Waals surface area (Å²) in [6, 6.07) is 13.8. The molecule has 3 heteroatoms. The molecule has 1 nitrogen and oxygen atoms in total. The second kappa shape index (κ2) is 6.51. The Bertz CT molecular complexity index is 586. The molecule has 0 saturated heterocycles. The summed E-state index contributed by atoms with van der Waals surface area (Å²) in [5.74, 6) is 0.790. The predicted molar refractivity (Wildman–Crippen MR) is 92.3 cm³/mol. The van der Waals surface area contributed by atoms with Gasteiger partial charge in [0.05, 0.1) is 0 Å². The maximum Gasteiger partial charge on any atom is 0.0406 e. The van der Waals surface area contributed by atoms with Crippen LogP contribution in [-0.4, -0.2) is 6.04 Å². The topological polar surface area (TPSA) is 12.0 Å². The fraction of sp³-hybridized carbons (Fsp3) is 0.444. The van der Waals surface area contributed by atoms with Crippen LogP contribution in [0.4, 0.5) is 0 Å². The van der Waals surface area contributed by atoms with Gasteiger partial charge >= 0.3 is 0 Å². The zero-order valence-electron chi connectivity index (χ0n) is 12.6. The lowest BCUT2D eigenvalue weighted by atomic mass is 10.0. The van der Waals surface area contributed by atoms with Gasteiger partial charge in [-0.25, -0.2) is 0 Å². The maximum atomic E-state index is 6.01. The number of nitrogens with one attached hydrogen (secondary N) is 1. The lowest BCUT2D eigenvalue weighted by Gasteiger charge is -2.23. The molecule has 3 rings (SSSR count). The summed E-state index contributed by atoms with van der Waals surface area (Å²) in [7, 11) is 0. The fourth-order valence-corrected chi connectivity index (χ4v) is 4.01. The van der Waals surface area contributed by atoms with E-state index in [0.717, 1.165) is 17.4 Å². The number of halogens is 1. The van der Waals surface area contributed by atoms with Crippen LogP contribution < -0.4 is 5.32 Å². The van der Waals surface area contributed by atoms with Crippen LogP contribution in [0.25, 0.3) is 0 Å². The zero-order valence-corrected chi connectivity index (χ0v) is 14.2. The van der Waals surface area contributed by atoms with Crippen molar-refractivity contribution in [3.63, 3.8) is 0 Å². The Labute approximate surface area is 136 Å². The number of hydrogen-bond acceptors (Lipinski definition) is 2. The summed E-state index contributed by atoms with van der Waals surface area (Å²) in [5.41, 5.74) is 1.37. The highest BCUT2D eigenvalue weighted by Crippen LogP contribution is 2.41. The largest absolute Gasteiger partial charge is 0.307 e. The summed E-state index contributed by atoms with van der Waals surface area (Å²) in [5, 5.41) is 4.65. The number of rotatable bonds is 6. The summed E-state index contributed by atoms with van der Waals surface area (Å²) in [4.78, 5) is 2.87. The van der Waals surface area contributed by atoms with Gasteiger partial charge in [0, 0.05) is 26.9 Å². The van der Waals surface area contributed by atoms with Crippen LogP contribution in [0.3, 0.4) is 0 Å². The maximum absolute atomic E-state index is 6.01. The van der Waals surface area contributed by atoms with Crippen LogP contribution in [0.1, 0.15) is 41.1 Å². The van der Waals surface area contributed by atoms with Crippen LogP contribution in [0, 0.1) is 12.8 Å². The van der Waals surface area contributed by atoms with Gasteiger partial charge in [-0.05, 0) is 68.9 Å². The van der Waals surface area contributed by atoms with E-state index in [1.807, 2.05) is 23.5 Å². The van der Waals surface area contributed by atoms with Crippen molar-refractivity contribution < 1.29 is 0 Å². The summed E-state index contributed by atoms with van der Waals surface area (Å²) < 4.78 is 0. The average Bonchev–Trinajstić information content (AvgIpc) is 3.21. The number of hydrogen-bond donors (Lipinski definition) is 1. The Morgan fingerprint density at radius 1 is 1.19 bits per heavy atom. The molecular weight excluding hydrogens is 298 g/mol. The molecule has 0 amide bonds. The molecule has 1 aromatic heterocycles. The molecule has 1 aliphatic rings. The smallest absolute Gasteiger partial charge is 0.0406 e. The lowest BCUT2D eigenvalue weighted by Crippen LogP contribution is -2.33. The van der Waals surface area contributed by atoms with Gasteiger partial charge in [0.1, 0.15) is 0 Å². The van der Waals surface area contributed by atoms with Gasteiger partial charge in [-0.15, -0.1) is 11.3 Å². The van der Waals surface area contributed by atoms with Gasteiger partial charge in [-0.2, -0.15) is 0 Å². The van der Waals surface area contributed by atoms with Crippen LogP contribution >= 0.6 is 22.9 Å². The first kappa shape index (κ1) is 15.1. The molecule has 0 spiro atoms. The highest BCUT2D eigenvalue weighted by atomic mass is 35.5. The van der Waals surface area contributed by atoms with Gasteiger partial charge in [-0.3, -0.25) is 0 Å². The van der Waals surface area contributed by atoms with E-state index in [-0.39, 0.29) is 0 Å². The van der Waals surface area contributed by atoms with Gasteiger partial charge in [0.15, 0.2) is 0 Å². The molecule has 2 unspecified atom stereocenters. The minimum Gasteiger partial charge on any atom is -0.307 e. The molecule has 1 heterocycles. The third-order valence-corrected chi connectivity index (χ3v) is 5.36. The lowest BCUT2D eigenvalue weighted by molar-refractivity contribution is 0.418. The van der Waals surface area contributed by atoms with E-state index in [9.17, 15) is 0 Å². The molecule has 1 N–H and O–H groups in total. The van der Waals surface area contributed by atoms with Crippen molar-refractivity contribution in [2.45, 2.75) is 45.2 Å². The third kappa shape index (κ3) is 4.09. The van der Waals surface area contributed by atoms with Crippen molar-refractivity contribution in [2.24, 2.45) is 5.92 Å². The van der Waals surface area contributed by atoms with Crippen LogP contribution in [0.5, 0.6) is 0 Å². The third-order valence-electron chi connectivity index (χ3n) is 4.09. The van der Waals surface area contributed by atoms with Crippen LogP contribution in [-0.2, 0) is 6.42 Å². The molecule has 21 heavy (non-hydrogen) atoms. The first-order chi connectivity index (χ1) is 10.1. The quantitative estimate of drug-likeness (QED) is 0.753. The van der Waals surface area contributed by atoms with E-state index < -0.39 is 0 Å². The molecule has 0 radical (unpaired) electrons. The number of aryl methyl sites for hydroxylation is 1. The van der Waals surface area contributed by atoms with Crippen LogP contribution in [0.2, 0.25) is 5.02 Å². The SMILES string of the molecule is Cc1ccc(CC(C)NC(c2ccc(Cl)cc2)C2CC2)s1.